The SMILES string of the molecule is C1=C(c2cccc3ccccc23)[OH+][Te]=C1c1ccccc1.[Cl-]. The molecular weight excluding hydrogens is 407 g/mol. The van der Waals surface area contributed by atoms with Crippen LogP contribution in [0.5, 0.6) is 0 Å². The summed E-state index contributed by atoms with van der Waals surface area (Å²) in [6, 6.07) is 25.6. The topological polar surface area (TPSA) is 12.8 Å². The van der Waals surface area contributed by atoms with Gasteiger partial charge in [0, 0.05) is 0 Å². The van der Waals surface area contributed by atoms with Gasteiger partial charge in [-0.1, -0.05) is 0 Å². The number of fused-ring (bicyclic) bond motifs is 1. The van der Waals surface area contributed by atoms with E-state index in [1.165, 1.54) is 25.4 Å². The van der Waals surface area contributed by atoms with Crippen LogP contribution in [-0.2, 0) is 0 Å². The zero-order valence-electron chi connectivity index (χ0n) is 11.7. The van der Waals surface area contributed by atoms with E-state index < -0.39 is 20.9 Å². The maximum absolute atomic E-state index is 4.87. The molecule has 3 aromatic carbocycles. The minimum Gasteiger partial charge on any atom is -1.00 e. The fraction of sp³-hybridized carbons (Fsp3) is 0. The zero-order valence-corrected chi connectivity index (χ0v) is 14.8. The first kappa shape index (κ1) is 15.3. The number of halogens is 1. The van der Waals surface area contributed by atoms with E-state index in [2.05, 4.69) is 78.9 Å². The average Bonchev–Trinajstić information content (AvgIpc) is 3.05. The van der Waals surface area contributed by atoms with E-state index in [0.29, 0.717) is 0 Å². The largest absolute Gasteiger partial charge is 1.00 e. The molecule has 1 N–H and O–H groups in total. The second-order valence-electron chi connectivity index (χ2n) is 4.97. The van der Waals surface area contributed by atoms with E-state index in [0.717, 1.165) is 5.76 Å². The van der Waals surface area contributed by atoms with Crippen molar-refractivity contribution in [3.8, 4) is 0 Å². The third kappa shape index (κ3) is 2.83. The van der Waals surface area contributed by atoms with Crippen molar-refractivity contribution in [3.63, 3.8) is 0 Å². The maximum atomic E-state index is 4.87. The summed E-state index contributed by atoms with van der Waals surface area (Å²) in [6.07, 6.45) is 2.28. The van der Waals surface area contributed by atoms with Gasteiger partial charge in [0.25, 0.3) is 0 Å². The van der Waals surface area contributed by atoms with Crippen molar-refractivity contribution in [2.24, 2.45) is 0 Å². The summed E-state index contributed by atoms with van der Waals surface area (Å²) >= 11 is -0.465. The van der Waals surface area contributed by atoms with E-state index >= 15 is 0 Å². The van der Waals surface area contributed by atoms with E-state index in [-0.39, 0.29) is 12.4 Å². The zero-order chi connectivity index (χ0) is 14.1. The predicted molar refractivity (Wildman–Crippen MR) is 90.4 cm³/mol. The van der Waals surface area contributed by atoms with Gasteiger partial charge in [0.05, 0.1) is 0 Å². The van der Waals surface area contributed by atoms with Crippen LogP contribution in [0.4, 0.5) is 0 Å². The van der Waals surface area contributed by atoms with Gasteiger partial charge < -0.3 is 12.4 Å². The van der Waals surface area contributed by atoms with Gasteiger partial charge in [-0.25, -0.2) is 0 Å². The summed E-state index contributed by atoms with van der Waals surface area (Å²) in [4.78, 5) is 0. The van der Waals surface area contributed by atoms with Gasteiger partial charge in [0.2, 0.25) is 0 Å². The van der Waals surface area contributed by atoms with Crippen LogP contribution in [0.1, 0.15) is 11.1 Å². The molecule has 0 atom stereocenters. The summed E-state index contributed by atoms with van der Waals surface area (Å²) in [6.45, 7) is 0. The van der Waals surface area contributed by atoms with Crippen LogP contribution in [0.2, 0.25) is 0 Å². The van der Waals surface area contributed by atoms with E-state index in [4.69, 9.17) is 3.10 Å². The first-order chi connectivity index (χ1) is 10.4. The molecule has 4 rings (SSSR count). The minimum atomic E-state index is -0.465. The fourth-order valence-electron chi connectivity index (χ4n) is 2.59. The Labute approximate surface area is 146 Å². The quantitative estimate of drug-likeness (QED) is 0.424. The minimum absolute atomic E-state index is 0. The molecule has 1 aliphatic heterocycles. The Morgan fingerprint density at radius 3 is 2.32 bits per heavy atom. The fourth-order valence-corrected chi connectivity index (χ4v) is 4.74. The van der Waals surface area contributed by atoms with Gasteiger partial charge in [-0.3, -0.25) is 0 Å². The molecule has 109 valence electrons. The molecule has 1 aliphatic rings. The van der Waals surface area contributed by atoms with E-state index in [9.17, 15) is 0 Å². The van der Waals surface area contributed by atoms with Crippen LogP contribution in [0, 0.1) is 0 Å². The molecule has 0 saturated heterocycles. The molecule has 1 radical (unpaired) electrons. The van der Waals surface area contributed by atoms with Crippen LogP contribution < -0.4 is 12.4 Å². The Morgan fingerprint density at radius 2 is 1.45 bits per heavy atom. The third-order valence-corrected chi connectivity index (χ3v) is 6.03. The number of allylic oxidation sites excluding steroid dienone is 1. The molecule has 0 unspecified atom stereocenters. The predicted octanol–water partition coefficient (Wildman–Crippen LogP) is 0.566. The number of hydrogen-bond donors (Lipinski definition) is 0. The van der Waals surface area contributed by atoms with Gasteiger partial charge in [0.1, 0.15) is 0 Å². The van der Waals surface area contributed by atoms with Crippen molar-refractivity contribution in [2.45, 2.75) is 0 Å². The number of rotatable bonds is 2. The molecule has 3 heteroatoms. The van der Waals surface area contributed by atoms with Gasteiger partial charge >= 0.3 is 134 Å². The Morgan fingerprint density at radius 1 is 0.727 bits per heavy atom. The van der Waals surface area contributed by atoms with Gasteiger partial charge in [-0.15, -0.1) is 0 Å². The van der Waals surface area contributed by atoms with Crippen molar-refractivity contribution in [3.05, 3.63) is 90.0 Å². The molecule has 0 bridgehead atoms. The Kier molecular flexibility index (Phi) is 4.64. The van der Waals surface area contributed by atoms with Crippen LogP contribution in [0.25, 0.3) is 16.5 Å². The molecular formula is C19H14ClOTe. The van der Waals surface area contributed by atoms with Crippen LogP contribution in [0.15, 0.2) is 78.9 Å². The maximum Gasteiger partial charge on any atom is -1.00 e. The van der Waals surface area contributed by atoms with E-state index in [1.54, 1.807) is 0 Å². The Bertz CT molecular complexity index is 864. The molecule has 0 saturated carbocycles. The van der Waals surface area contributed by atoms with Crippen molar-refractivity contribution >= 4 is 40.9 Å². The van der Waals surface area contributed by atoms with Gasteiger partial charge in [-0.2, -0.15) is 0 Å². The van der Waals surface area contributed by atoms with Crippen molar-refractivity contribution in [1.82, 2.24) is 0 Å². The summed E-state index contributed by atoms with van der Waals surface area (Å²) in [5.41, 5.74) is 2.57. The first-order valence-corrected chi connectivity index (χ1v) is 9.13. The Hall–Kier alpha value is -1.59. The van der Waals surface area contributed by atoms with Crippen LogP contribution in [0.3, 0.4) is 0 Å². The number of aliphatic hydroxyl groups is 1. The smallest absolute Gasteiger partial charge is 1.00 e. The molecule has 0 aromatic heterocycles. The standard InChI is InChI=1S/C19H14OTe.ClH/c1-2-8-15(9-3-1)19-13-18(20-21-19)17-12-6-10-14-7-4-5-11-16(14)17;/h1-13,20H;1H/q+1;/p-1. The normalized spacial score (nSPS) is 13.1. The molecule has 3 aromatic rings. The van der Waals surface area contributed by atoms with Crippen molar-refractivity contribution in [1.29, 1.82) is 0 Å². The molecule has 0 spiro atoms. The summed E-state index contributed by atoms with van der Waals surface area (Å²) in [5, 5.41) is 2.57. The summed E-state index contributed by atoms with van der Waals surface area (Å²) in [5.74, 6) is 1.15. The molecule has 0 aliphatic carbocycles. The van der Waals surface area contributed by atoms with E-state index in [1.807, 2.05) is 0 Å². The first-order valence-electron chi connectivity index (χ1n) is 6.92. The van der Waals surface area contributed by atoms with Crippen molar-refractivity contribution < 1.29 is 15.5 Å². The summed E-state index contributed by atoms with van der Waals surface area (Å²) in [7, 11) is 0. The molecule has 0 amide bonds. The Balaban J connectivity index is 0.00000144. The monoisotopic (exact) mass is 423 g/mol. The third-order valence-electron chi connectivity index (χ3n) is 3.63. The molecule has 1 heterocycles. The van der Waals surface area contributed by atoms with Crippen LogP contribution in [-0.4, -0.2) is 27.5 Å². The second-order valence-corrected chi connectivity index (χ2v) is 7.27. The molecule has 0 fully saturated rings. The average molecular weight is 421 g/mol. The molecule has 1 nitrogen and oxygen atoms in total. The van der Waals surface area contributed by atoms with Gasteiger partial charge in [0.15, 0.2) is 0 Å². The number of hydrogen-bond acceptors (Lipinski definition) is 0. The number of benzene rings is 3. The summed E-state index contributed by atoms with van der Waals surface area (Å²) < 4.78 is 6.29. The van der Waals surface area contributed by atoms with Crippen molar-refractivity contribution in [2.75, 3.05) is 0 Å². The van der Waals surface area contributed by atoms with Crippen LogP contribution >= 0.6 is 0 Å². The van der Waals surface area contributed by atoms with Gasteiger partial charge in [-0.05, 0) is 0 Å². The molecule has 22 heavy (non-hydrogen) atoms. The second kappa shape index (κ2) is 6.67.